The van der Waals surface area contributed by atoms with Crippen molar-refractivity contribution in [1.82, 2.24) is 0 Å². The lowest BCUT2D eigenvalue weighted by atomic mass is 9.97. The van der Waals surface area contributed by atoms with E-state index in [-0.39, 0.29) is 0 Å². The molecule has 0 bridgehead atoms. The van der Waals surface area contributed by atoms with Crippen molar-refractivity contribution in [3.05, 3.63) is 45.5 Å². The summed E-state index contributed by atoms with van der Waals surface area (Å²) >= 11 is 7.39. The monoisotopic (exact) mass is 228 g/mol. The van der Waals surface area contributed by atoms with Crippen molar-refractivity contribution >= 4 is 22.9 Å². The summed E-state index contributed by atoms with van der Waals surface area (Å²) in [6.45, 7) is 1.70. The fraction of sp³-hybridized carbons (Fsp3) is 0.200. The van der Waals surface area contributed by atoms with Crippen LogP contribution in [0.2, 0.25) is 5.02 Å². The Bertz CT molecular complexity index is 417. The van der Waals surface area contributed by atoms with Gasteiger partial charge in [-0.1, -0.05) is 11.6 Å². The Hall–Kier alpha value is -0.770. The largest absolute Gasteiger partial charge is 0.472 e. The Morgan fingerprint density at radius 1 is 1.50 bits per heavy atom. The average molecular weight is 229 g/mol. The predicted molar refractivity (Wildman–Crippen MR) is 56.7 cm³/mol. The van der Waals surface area contributed by atoms with Crippen molar-refractivity contribution in [2.45, 2.75) is 12.5 Å². The summed E-state index contributed by atoms with van der Waals surface area (Å²) in [5.41, 5.74) is -0.361. The molecule has 0 radical (unpaired) electrons. The van der Waals surface area contributed by atoms with E-state index in [0.29, 0.717) is 10.6 Å². The molecule has 2 rings (SSSR count). The van der Waals surface area contributed by atoms with E-state index < -0.39 is 5.60 Å². The van der Waals surface area contributed by atoms with Gasteiger partial charge >= 0.3 is 0 Å². The number of aliphatic hydroxyl groups is 1. The molecule has 0 saturated heterocycles. The summed E-state index contributed by atoms with van der Waals surface area (Å²) in [7, 11) is 0. The zero-order chi connectivity index (χ0) is 10.2. The van der Waals surface area contributed by atoms with Crippen molar-refractivity contribution < 1.29 is 9.52 Å². The van der Waals surface area contributed by atoms with E-state index in [9.17, 15) is 5.11 Å². The first-order chi connectivity index (χ1) is 6.62. The van der Waals surface area contributed by atoms with Crippen LogP contribution in [0.4, 0.5) is 0 Å². The molecule has 0 fully saturated rings. The molecule has 0 amide bonds. The van der Waals surface area contributed by atoms with E-state index in [0.717, 1.165) is 4.88 Å². The maximum absolute atomic E-state index is 10.3. The van der Waals surface area contributed by atoms with Crippen LogP contribution in [0.15, 0.2) is 34.5 Å². The number of furan rings is 1. The van der Waals surface area contributed by atoms with E-state index >= 15 is 0 Å². The molecule has 4 heteroatoms. The second kappa shape index (κ2) is 3.42. The molecule has 1 unspecified atom stereocenters. The lowest BCUT2D eigenvalue weighted by molar-refractivity contribution is 0.106. The second-order valence-corrected chi connectivity index (χ2v) is 4.51. The lowest BCUT2D eigenvalue weighted by Crippen LogP contribution is -2.20. The van der Waals surface area contributed by atoms with Gasteiger partial charge in [0.1, 0.15) is 5.60 Å². The minimum Gasteiger partial charge on any atom is -0.472 e. The van der Waals surface area contributed by atoms with Crippen LogP contribution >= 0.6 is 22.9 Å². The molecule has 2 heterocycles. The van der Waals surface area contributed by atoms with Gasteiger partial charge in [0.15, 0.2) is 0 Å². The molecule has 0 aromatic carbocycles. The third-order valence-electron chi connectivity index (χ3n) is 2.14. The lowest BCUT2D eigenvalue weighted by Gasteiger charge is -2.20. The smallest absolute Gasteiger partial charge is 0.125 e. The van der Waals surface area contributed by atoms with Crippen molar-refractivity contribution in [2.75, 3.05) is 0 Å². The van der Waals surface area contributed by atoms with E-state index in [1.54, 1.807) is 19.1 Å². The summed E-state index contributed by atoms with van der Waals surface area (Å²) in [5.74, 6) is 0. The Balaban J connectivity index is 2.48. The van der Waals surface area contributed by atoms with Gasteiger partial charge < -0.3 is 9.52 Å². The summed E-state index contributed by atoms with van der Waals surface area (Å²) in [4.78, 5) is 0.737. The van der Waals surface area contributed by atoms with Crippen LogP contribution in [0.25, 0.3) is 0 Å². The quantitative estimate of drug-likeness (QED) is 0.856. The van der Waals surface area contributed by atoms with Crippen LogP contribution in [0.3, 0.4) is 0 Å². The summed E-state index contributed by atoms with van der Waals surface area (Å²) < 4.78 is 4.94. The van der Waals surface area contributed by atoms with Crippen molar-refractivity contribution in [3.63, 3.8) is 0 Å². The highest BCUT2D eigenvalue weighted by molar-refractivity contribution is 7.10. The highest BCUT2D eigenvalue weighted by Gasteiger charge is 2.30. The average Bonchev–Trinajstić information content (AvgIpc) is 2.72. The number of rotatable bonds is 2. The highest BCUT2D eigenvalue weighted by Crippen LogP contribution is 2.37. The minimum atomic E-state index is -1.07. The van der Waals surface area contributed by atoms with Crippen LogP contribution in [0.5, 0.6) is 0 Å². The first-order valence-corrected chi connectivity index (χ1v) is 5.36. The fourth-order valence-electron chi connectivity index (χ4n) is 1.31. The van der Waals surface area contributed by atoms with Gasteiger partial charge in [0, 0.05) is 5.56 Å². The summed E-state index contributed by atoms with van der Waals surface area (Å²) in [5, 5.41) is 12.7. The first-order valence-electron chi connectivity index (χ1n) is 4.11. The molecule has 14 heavy (non-hydrogen) atoms. The number of halogens is 1. The van der Waals surface area contributed by atoms with Crippen LogP contribution in [-0.2, 0) is 5.60 Å². The van der Waals surface area contributed by atoms with E-state index in [4.69, 9.17) is 16.0 Å². The maximum Gasteiger partial charge on any atom is 0.125 e. The second-order valence-electron chi connectivity index (χ2n) is 3.18. The van der Waals surface area contributed by atoms with Crippen LogP contribution in [0.1, 0.15) is 17.4 Å². The zero-order valence-electron chi connectivity index (χ0n) is 7.53. The highest BCUT2D eigenvalue weighted by atomic mass is 35.5. The van der Waals surface area contributed by atoms with E-state index in [2.05, 4.69) is 0 Å². The van der Waals surface area contributed by atoms with Gasteiger partial charge in [-0.05, 0) is 24.4 Å². The van der Waals surface area contributed by atoms with Gasteiger partial charge in [0.2, 0.25) is 0 Å². The van der Waals surface area contributed by atoms with Crippen molar-refractivity contribution in [1.29, 1.82) is 0 Å². The van der Waals surface area contributed by atoms with E-state index in [1.807, 2.05) is 5.38 Å². The molecular weight excluding hydrogens is 220 g/mol. The van der Waals surface area contributed by atoms with Gasteiger partial charge in [0.05, 0.1) is 22.4 Å². The molecule has 2 aromatic rings. The Morgan fingerprint density at radius 3 is 2.79 bits per heavy atom. The van der Waals surface area contributed by atoms with Gasteiger partial charge in [0.25, 0.3) is 0 Å². The van der Waals surface area contributed by atoms with Gasteiger partial charge in [-0.25, -0.2) is 0 Å². The predicted octanol–water partition coefficient (Wildman–Crippen LogP) is 3.25. The molecule has 0 aliphatic carbocycles. The molecule has 0 spiro atoms. The molecule has 2 aromatic heterocycles. The number of thiophene rings is 1. The number of hydrogen-bond donors (Lipinski definition) is 1. The van der Waals surface area contributed by atoms with Gasteiger partial charge in [-0.3, -0.25) is 0 Å². The topological polar surface area (TPSA) is 33.4 Å². The van der Waals surface area contributed by atoms with Crippen molar-refractivity contribution in [2.24, 2.45) is 0 Å². The first kappa shape index (κ1) is 9.77. The summed E-state index contributed by atoms with van der Waals surface area (Å²) in [6, 6.07) is 3.51. The normalized spacial score (nSPS) is 15.4. The molecule has 0 aliphatic rings. The minimum absolute atomic E-state index is 0.584. The van der Waals surface area contributed by atoms with Gasteiger partial charge in [-0.15, -0.1) is 11.3 Å². The summed E-state index contributed by atoms with van der Waals surface area (Å²) in [6.07, 6.45) is 3.06. The van der Waals surface area contributed by atoms with Crippen LogP contribution in [-0.4, -0.2) is 5.11 Å². The third kappa shape index (κ3) is 1.47. The van der Waals surface area contributed by atoms with Crippen LogP contribution in [0, 0.1) is 0 Å². The Kier molecular flexibility index (Phi) is 2.39. The fourth-order valence-corrected chi connectivity index (χ4v) is 2.64. The van der Waals surface area contributed by atoms with E-state index in [1.165, 1.54) is 23.9 Å². The zero-order valence-corrected chi connectivity index (χ0v) is 9.10. The van der Waals surface area contributed by atoms with Gasteiger partial charge in [-0.2, -0.15) is 0 Å². The van der Waals surface area contributed by atoms with Crippen LogP contribution < -0.4 is 0 Å². The molecule has 74 valence electrons. The maximum atomic E-state index is 10.3. The molecule has 0 aliphatic heterocycles. The Labute approximate surface area is 90.8 Å². The molecule has 2 nitrogen and oxygen atoms in total. The molecular formula is C10H9ClO2S. The molecule has 0 saturated carbocycles. The SMILES string of the molecule is CC(O)(c1ccoc1)c1sccc1Cl. The number of hydrogen-bond acceptors (Lipinski definition) is 3. The van der Waals surface area contributed by atoms with Crippen molar-refractivity contribution in [3.8, 4) is 0 Å². The standard InChI is InChI=1S/C10H9ClO2S/c1-10(12,7-2-4-13-6-7)9-8(11)3-5-14-9/h2-6,12H,1H3. The Morgan fingerprint density at radius 2 is 2.29 bits per heavy atom. The third-order valence-corrected chi connectivity index (χ3v) is 3.69. The molecule has 1 N–H and O–H groups in total. The molecule has 1 atom stereocenters.